The number of aliphatic hydroxyl groups excluding tert-OH is 1. The third kappa shape index (κ3) is 5.50. The zero-order valence-corrected chi connectivity index (χ0v) is 18.9. The number of nitrogens with one attached hydrogen (secondary N) is 1. The van der Waals surface area contributed by atoms with E-state index < -0.39 is 78.3 Å². The molecule has 1 saturated heterocycles. The Kier molecular flexibility index (Phi) is 7.02. The van der Waals surface area contributed by atoms with Gasteiger partial charge in [0.15, 0.2) is 9.84 Å². The summed E-state index contributed by atoms with van der Waals surface area (Å²) < 4.78 is 104. The van der Waals surface area contributed by atoms with Gasteiger partial charge in [0.25, 0.3) is 0 Å². The van der Waals surface area contributed by atoms with E-state index in [0.29, 0.717) is 4.31 Å². The summed E-state index contributed by atoms with van der Waals surface area (Å²) in [6.45, 7) is -0.985. The van der Waals surface area contributed by atoms with Gasteiger partial charge >= 0.3 is 0 Å². The van der Waals surface area contributed by atoms with Crippen LogP contribution in [0.4, 0.5) is 8.78 Å². The SMILES string of the molecule is O=S1(=O)C[C@@H](O)[C@@H](N(CCNS(=O)(=O)c2ccc(F)cc2)S(=O)(=O)c2ccc(F)cc2)C1. The summed E-state index contributed by atoms with van der Waals surface area (Å²) >= 11 is 0. The molecule has 2 aromatic rings. The summed E-state index contributed by atoms with van der Waals surface area (Å²) in [7, 11) is -12.3. The van der Waals surface area contributed by atoms with Crippen LogP contribution in [-0.2, 0) is 29.9 Å². The lowest BCUT2D eigenvalue weighted by molar-refractivity contribution is 0.128. The van der Waals surface area contributed by atoms with Crippen molar-refractivity contribution in [3.63, 3.8) is 0 Å². The zero-order chi connectivity index (χ0) is 23.7. The second-order valence-electron chi connectivity index (χ2n) is 7.13. The van der Waals surface area contributed by atoms with E-state index in [0.717, 1.165) is 48.5 Å². The molecule has 3 rings (SSSR count). The number of aliphatic hydroxyl groups is 1. The van der Waals surface area contributed by atoms with Crippen LogP contribution in [0.3, 0.4) is 0 Å². The van der Waals surface area contributed by atoms with E-state index in [1.54, 1.807) is 0 Å². The van der Waals surface area contributed by atoms with E-state index in [-0.39, 0.29) is 9.79 Å². The smallest absolute Gasteiger partial charge is 0.243 e. The van der Waals surface area contributed by atoms with Crippen molar-refractivity contribution in [3.8, 4) is 0 Å². The zero-order valence-electron chi connectivity index (χ0n) is 16.4. The minimum atomic E-state index is -4.41. The van der Waals surface area contributed by atoms with Gasteiger partial charge in [-0.25, -0.2) is 38.8 Å². The Bertz CT molecular complexity index is 1280. The number of hydrogen-bond donors (Lipinski definition) is 2. The van der Waals surface area contributed by atoms with Gasteiger partial charge < -0.3 is 5.11 Å². The maximum Gasteiger partial charge on any atom is 0.243 e. The summed E-state index contributed by atoms with van der Waals surface area (Å²) in [6, 6.07) is 6.36. The van der Waals surface area contributed by atoms with Crippen LogP contribution >= 0.6 is 0 Å². The van der Waals surface area contributed by atoms with Crippen LogP contribution in [0.25, 0.3) is 0 Å². The third-order valence-electron chi connectivity index (χ3n) is 4.83. The molecule has 1 aliphatic heterocycles. The Morgan fingerprint density at radius 1 is 0.906 bits per heavy atom. The molecule has 2 N–H and O–H groups in total. The molecule has 176 valence electrons. The second-order valence-corrected chi connectivity index (χ2v) is 12.9. The maximum absolute atomic E-state index is 13.2. The van der Waals surface area contributed by atoms with Crippen molar-refractivity contribution in [2.24, 2.45) is 0 Å². The molecule has 0 aromatic heterocycles. The molecule has 32 heavy (non-hydrogen) atoms. The lowest BCUT2D eigenvalue weighted by atomic mass is 10.2. The van der Waals surface area contributed by atoms with Gasteiger partial charge in [0.1, 0.15) is 11.6 Å². The van der Waals surface area contributed by atoms with Gasteiger partial charge in [-0.2, -0.15) is 4.31 Å². The minimum Gasteiger partial charge on any atom is -0.390 e. The first kappa shape index (κ1) is 24.7. The highest BCUT2D eigenvalue weighted by atomic mass is 32.2. The molecule has 9 nitrogen and oxygen atoms in total. The van der Waals surface area contributed by atoms with Crippen molar-refractivity contribution < 1.29 is 39.1 Å². The Labute approximate surface area is 184 Å². The molecule has 14 heteroatoms. The first-order valence-corrected chi connectivity index (χ1v) is 14.0. The number of rotatable bonds is 8. The van der Waals surface area contributed by atoms with Crippen LogP contribution in [0.1, 0.15) is 0 Å². The molecule has 2 aromatic carbocycles. The van der Waals surface area contributed by atoms with Gasteiger partial charge in [0.05, 0.1) is 33.4 Å². The summed E-state index contributed by atoms with van der Waals surface area (Å²) in [4.78, 5) is -0.605. The summed E-state index contributed by atoms with van der Waals surface area (Å²) in [5.74, 6) is -2.63. The van der Waals surface area contributed by atoms with Gasteiger partial charge in [0, 0.05) is 13.1 Å². The molecule has 0 spiro atoms. The van der Waals surface area contributed by atoms with E-state index in [9.17, 15) is 39.1 Å². The van der Waals surface area contributed by atoms with E-state index in [2.05, 4.69) is 4.72 Å². The fraction of sp³-hybridized carbons (Fsp3) is 0.333. The van der Waals surface area contributed by atoms with Crippen LogP contribution in [0.2, 0.25) is 0 Å². The Hall–Kier alpha value is -1.97. The Morgan fingerprint density at radius 3 is 1.88 bits per heavy atom. The van der Waals surface area contributed by atoms with Crippen molar-refractivity contribution in [1.82, 2.24) is 9.03 Å². The molecule has 0 amide bonds. The lowest BCUT2D eigenvalue weighted by Gasteiger charge is -2.29. The number of benzene rings is 2. The first-order chi connectivity index (χ1) is 14.8. The molecular formula is C18H20F2N2O7S3. The Balaban J connectivity index is 1.86. The first-order valence-electron chi connectivity index (χ1n) is 9.23. The maximum atomic E-state index is 13.2. The number of hydrogen-bond acceptors (Lipinski definition) is 7. The van der Waals surface area contributed by atoms with Gasteiger partial charge in [-0.1, -0.05) is 0 Å². The average Bonchev–Trinajstić information content (AvgIpc) is 2.97. The standard InChI is InChI=1S/C18H20F2N2O7S3/c19-13-1-5-15(6-2-13)31(26,27)21-9-10-22(17-11-30(24,25)12-18(17)23)32(28,29)16-7-3-14(20)4-8-16/h1-8,17-18,21,23H,9-12H2/t17-,18+/m0/s1. The monoisotopic (exact) mass is 510 g/mol. The third-order valence-corrected chi connectivity index (χ3v) is 9.95. The molecule has 0 unspecified atom stereocenters. The predicted molar refractivity (Wildman–Crippen MR) is 110 cm³/mol. The number of sulfone groups is 1. The van der Waals surface area contributed by atoms with Crippen molar-refractivity contribution in [1.29, 1.82) is 0 Å². The van der Waals surface area contributed by atoms with Crippen molar-refractivity contribution >= 4 is 29.9 Å². The number of nitrogens with zero attached hydrogens (tertiary/aromatic N) is 1. The molecule has 0 saturated carbocycles. The highest BCUT2D eigenvalue weighted by Gasteiger charge is 2.44. The fourth-order valence-electron chi connectivity index (χ4n) is 3.28. The fourth-order valence-corrected chi connectivity index (χ4v) is 7.85. The van der Waals surface area contributed by atoms with Crippen molar-refractivity contribution in [2.75, 3.05) is 24.6 Å². The average molecular weight is 511 g/mol. The number of sulfonamides is 2. The van der Waals surface area contributed by atoms with Gasteiger partial charge in [-0.15, -0.1) is 0 Å². The lowest BCUT2D eigenvalue weighted by Crippen LogP contribution is -2.49. The second kappa shape index (κ2) is 9.11. The topological polar surface area (TPSA) is 138 Å². The highest BCUT2D eigenvalue weighted by molar-refractivity contribution is 7.92. The van der Waals surface area contributed by atoms with E-state index >= 15 is 0 Å². The molecule has 0 aliphatic carbocycles. The van der Waals surface area contributed by atoms with Gasteiger partial charge in [-0.05, 0) is 48.5 Å². The summed E-state index contributed by atoms with van der Waals surface area (Å²) in [5.41, 5.74) is 0. The molecule has 1 heterocycles. The molecule has 1 fully saturated rings. The summed E-state index contributed by atoms with van der Waals surface area (Å²) in [6.07, 6.45) is -1.52. The van der Waals surface area contributed by atoms with Crippen LogP contribution in [-0.4, -0.2) is 71.4 Å². The molecule has 2 atom stereocenters. The quantitative estimate of drug-likeness (QED) is 0.513. The molecule has 0 radical (unpaired) electrons. The van der Waals surface area contributed by atoms with Crippen molar-refractivity contribution in [2.45, 2.75) is 21.9 Å². The normalized spacial score (nSPS) is 21.1. The molecular weight excluding hydrogens is 490 g/mol. The minimum absolute atomic E-state index is 0.254. The molecule has 0 bridgehead atoms. The predicted octanol–water partition coefficient (Wildman–Crippen LogP) is 0.0919. The van der Waals surface area contributed by atoms with Gasteiger partial charge in [0.2, 0.25) is 20.0 Å². The van der Waals surface area contributed by atoms with Crippen molar-refractivity contribution in [3.05, 3.63) is 60.2 Å². The van der Waals surface area contributed by atoms with Crippen LogP contribution < -0.4 is 4.72 Å². The van der Waals surface area contributed by atoms with Gasteiger partial charge in [-0.3, -0.25) is 0 Å². The Morgan fingerprint density at radius 2 is 1.41 bits per heavy atom. The molecule has 1 aliphatic rings. The number of halogens is 2. The van der Waals surface area contributed by atoms with E-state index in [4.69, 9.17) is 0 Å². The van der Waals surface area contributed by atoms with E-state index in [1.807, 2.05) is 0 Å². The van der Waals surface area contributed by atoms with Crippen LogP contribution in [0.5, 0.6) is 0 Å². The van der Waals surface area contributed by atoms with E-state index in [1.165, 1.54) is 0 Å². The highest BCUT2D eigenvalue weighted by Crippen LogP contribution is 2.25. The largest absolute Gasteiger partial charge is 0.390 e. The summed E-state index contributed by atoms with van der Waals surface area (Å²) in [5, 5.41) is 10.2. The van der Waals surface area contributed by atoms with Crippen LogP contribution in [0.15, 0.2) is 58.3 Å². The van der Waals surface area contributed by atoms with Crippen LogP contribution in [0, 0.1) is 11.6 Å².